The molecule has 100 valence electrons. The first-order chi connectivity index (χ1) is 9.07. The summed E-state index contributed by atoms with van der Waals surface area (Å²) < 4.78 is 27.1. The molecule has 1 aromatic carbocycles. The number of carbonyl (C=O) groups excluding carboxylic acids is 1. The highest BCUT2D eigenvalue weighted by Gasteiger charge is 2.34. The van der Waals surface area contributed by atoms with Gasteiger partial charge in [-0.3, -0.25) is 4.79 Å². The summed E-state index contributed by atoms with van der Waals surface area (Å²) in [4.78, 5) is 17.1. The van der Waals surface area contributed by atoms with Gasteiger partial charge in [-0.05, 0) is 18.2 Å². The van der Waals surface area contributed by atoms with E-state index in [-0.39, 0.29) is 12.8 Å². The zero-order valence-corrected chi connectivity index (χ0v) is 10.9. The van der Waals surface area contributed by atoms with Gasteiger partial charge in [-0.1, -0.05) is 11.3 Å². The molecule has 1 fully saturated rings. The fraction of sp³-hybridized carbons (Fsp3) is 0.385. The van der Waals surface area contributed by atoms with Gasteiger partial charge in [0.2, 0.25) is 0 Å². The van der Waals surface area contributed by atoms with E-state index in [0.717, 1.165) is 21.6 Å². The van der Waals surface area contributed by atoms with Gasteiger partial charge in [-0.2, -0.15) is 0 Å². The van der Waals surface area contributed by atoms with Crippen molar-refractivity contribution in [1.82, 2.24) is 4.98 Å². The van der Waals surface area contributed by atoms with E-state index in [1.165, 1.54) is 11.3 Å². The van der Waals surface area contributed by atoms with Gasteiger partial charge < -0.3 is 4.90 Å². The predicted molar refractivity (Wildman–Crippen MR) is 71.4 cm³/mol. The minimum Gasteiger partial charge on any atom is -0.348 e. The van der Waals surface area contributed by atoms with Crippen molar-refractivity contribution in [2.75, 3.05) is 18.0 Å². The summed E-state index contributed by atoms with van der Waals surface area (Å²) in [5, 5.41) is 0.758. The van der Waals surface area contributed by atoms with Crippen LogP contribution >= 0.6 is 11.3 Å². The molecule has 2 aromatic rings. The Hall–Kier alpha value is -1.56. The Morgan fingerprint density at radius 1 is 1.32 bits per heavy atom. The maximum atomic E-state index is 13.1. The van der Waals surface area contributed by atoms with Crippen LogP contribution in [-0.4, -0.2) is 30.3 Å². The number of alkyl halides is 2. The lowest BCUT2D eigenvalue weighted by Crippen LogP contribution is -2.39. The number of aromatic nitrogens is 1. The van der Waals surface area contributed by atoms with Crippen LogP contribution in [0.1, 0.15) is 23.2 Å². The second-order valence-electron chi connectivity index (χ2n) is 4.68. The number of anilines is 1. The third-order valence-corrected chi connectivity index (χ3v) is 4.38. The molecule has 3 nitrogen and oxygen atoms in total. The number of rotatable bonds is 2. The van der Waals surface area contributed by atoms with E-state index < -0.39 is 5.92 Å². The summed E-state index contributed by atoms with van der Waals surface area (Å²) in [5.74, 6) is -2.54. The molecule has 0 atom stereocenters. The van der Waals surface area contributed by atoms with Crippen LogP contribution in [0, 0.1) is 0 Å². The summed E-state index contributed by atoms with van der Waals surface area (Å²) in [5.41, 5.74) is 1.41. The lowest BCUT2D eigenvalue weighted by Gasteiger charge is -2.31. The number of fused-ring (bicyclic) bond motifs is 1. The Morgan fingerprint density at radius 3 is 2.74 bits per heavy atom. The minimum atomic E-state index is -2.54. The molecule has 0 unspecified atom stereocenters. The maximum Gasteiger partial charge on any atom is 0.251 e. The smallest absolute Gasteiger partial charge is 0.251 e. The predicted octanol–water partition coefficient (Wildman–Crippen LogP) is 3.34. The molecule has 2 heterocycles. The van der Waals surface area contributed by atoms with Crippen LogP contribution < -0.4 is 4.90 Å². The molecule has 0 bridgehead atoms. The number of carbonyl (C=O) groups is 1. The van der Waals surface area contributed by atoms with Gasteiger partial charge in [0, 0.05) is 31.5 Å². The Morgan fingerprint density at radius 2 is 2.05 bits per heavy atom. The van der Waals surface area contributed by atoms with Crippen molar-refractivity contribution in [2.45, 2.75) is 18.8 Å². The van der Waals surface area contributed by atoms with E-state index in [9.17, 15) is 13.6 Å². The average Bonchev–Trinajstić information content (AvgIpc) is 2.81. The number of hydrogen-bond donors (Lipinski definition) is 0. The number of thiazole rings is 1. The van der Waals surface area contributed by atoms with Crippen LogP contribution in [0.5, 0.6) is 0 Å². The lowest BCUT2D eigenvalue weighted by atomic mass is 10.1. The van der Waals surface area contributed by atoms with Crippen molar-refractivity contribution in [3.8, 4) is 0 Å². The second-order valence-corrected chi connectivity index (χ2v) is 5.69. The molecule has 0 saturated carbocycles. The van der Waals surface area contributed by atoms with E-state index in [1.807, 2.05) is 4.90 Å². The molecule has 1 aliphatic rings. The Bertz CT molecular complexity index is 616. The lowest BCUT2D eigenvalue weighted by molar-refractivity contribution is -0.0220. The van der Waals surface area contributed by atoms with E-state index in [1.54, 1.807) is 18.2 Å². The monoisotopic (exact) mass is 282 g/mol. The van der Waals surface area contributed by atoms with Crippen LogP contribution in [0.15, 0.2) is 18.2 Å². The first-order valence-electron chi connectivity index (χ1n) is 6.06. The normalized spacial score (nSPS) is 18.7. The van der Waals surface area contributed by atoms with Gasteiger partial charge in [0.15, 0.2) is 5.13 Å². The largest absolute Gasteiger partial charge is 0.348 e. The van der Waals surface area contributed by atoms with Gasteiger partial charge in [0.05, 0.1) is 10.2 Å². The molecule has 0 amide bonds. The number of aldehydes is 1. The van der Waals surface area contributed by atoms with Gasteiger partial charge in [-0.25, -0.2) is 13.8 Å². The number of nitrogens with zero attached hydrogens (tertiary/aromatic N) is 2. The topological polar surface area (TPSA) is 33.2 Å². The number of piperidine rings is 1. The SMILES string of the molecule is O=Cc1ccc2nc(N3CCC(F)(F)CC3)sc2c1. The van der Waals surface area contributed by atoms with Crippen molar-refractivity contribution in [1.29, 1.82) is 0 Å². The van der Waals surface area contributed by atoms with Gasteiger partial charge in [-0.15, -0.1) is 0 Å². The average molecular weight is 282 g/mol. The van der Waals surface area contributed by atoms with Gasteiger partial charge >= 0.3 is 0 Å². The first kappa shape index (κ1) is 12.5. The fourth-order valence-corrected chi connectivity index (χ4v) is 3.23. The summed E-state index contributed by atoms with van der Waals surface area (Å²) in [6.07, 6.45) is 0.547. The molecule has 19 heavy (non-hydrogen) atoms. The molecular weight excluding hydrogens is 270 g/mol. The fourth-order valence-electron chi connectivity index (χ4n) is 2.16. The minimum absolute atomic E-state index is 0.123. The van der Waals surface area contributed by atoms with Crippen LogP contribution in [0.25, 0.3) is 10.2 Å². The third-order valence-electron chi connectivity index (χ3n) is 3.30. The summed E-state index contributed by atoms with van der Waals surface area (Å²) in [7, 11) is 0. The quantitative estimate of drug-likeness (QED) is 0.792. The highest BCUT2D eigenvalue weighted by atomic mass is 32.1. The third kappa shape index (κ3) is 2.45. The zero-order valence-electron chi connectivity index (χ0n) is 10.1. The number of benzene rings is 1. The molecule has 3 rings (SSSR count). The second kappa shape index (κ2) is 4.52. The Labute approximate surface area is 112 Å². The molecule has 0 aliphatic carbocycles. The summed E-state index contributed by atoms with van der Waals surface area (Å²) in [6.45, 7) is 0.653. The molecule has 1 aliphatic heterocycles. The Balaban J connectivity index is 1.87. The van der Waals surface area contributed by atoms with Crippen molar-refractivity contribution in [3.63, 3.8) is 0 Å². The summed E-state index contributed by atoms with van der Waals surface area (Å²) in [6, 6.07) is 5.28. The van der Waals surface area contributed by atoms with Gasteiger partial charge in [0.1, 0.15) is 6.29 Å². The molecule has 6 heteroatoms. The number of hydrogen-bond acceptors (Lipinski definition) is 4. The van der Waals surface area contributed by atoms with Crippen molar-refractivity contribution >= 4 is 33.0 Å². The highest BCUT2D eigenvalue weighted by Crippen LogP contribution is 2.34. The van der Waals surface area contributed by atoms with Crippen LogP contribution in [0.2, 0.25) is 0 Å². The van der Waals surface area contributed by atoms with Gasteiger partial charge in [0.25, 0.3) is 5.92 Å². The standard InChI is InChI=1S/C13H12F2N2OS/c14-13(15)3-5-17(6-4-13)12-16-10-2-1-9(8-18)7-11(10)19-12/h1-2,7-8H,3-6H2. The Kier molecular flexibility index (Phi) is 2.97. The van der Waals surface area contributed by atoms with Crippen LogP contribution in [0.4, 0.5) is 13.9 Å². The molecule has 1 saturated heterocycles. The molecule has 0 radical (unpaired) electrons. The highest BCUT2D eigenvalue weighted by molar-refractivity contribution is 7.22. The van der Waals surface area contributed by atoms with Crippen LogP contribution in [-0.2, 0) is 0 Å². The van der Waals surface area contributed by atoms with E-state index in [0.29, 0.717) is 18.7 Å². The molecule has 0 spiro atoms. The molecule has 0 N–H and O–H groups in total. The molecule has 1 aromatic heterocycles. The maximum absolute atomic E-state index is 13.1. The van der Waals surface area contributed by atoms with E-state index in [4.69, 9.17) is 0 Å². The molecular formula is C13H12F2N2OS. The van der Waals surface area contributed by atoms with Crippen LogP contribution in [0.3, 0.4) is 0 Å². The van der Waals surface area contributed by atoms with Crippen molar-refractivity contribution in [2.24, 2.45) is 0 Å². The van der Waals surface area contributed by atoms with E-state index >= 15 is 0 Å². The van der Waals surface area contributed by atoms with E-state index in [2.05, 4.69) is 4.98 Å². The summed E-state index contributed by atoms with van der Waals surface area (Å²) >= 11 is 1.44. The number of halogens is 2. The van der Waals surface area contributed by atoms with Crippen molar-refractivity contribution in [3.05, 3.63) is 23.8 Å². The first-order valence-corrected chi connectivity index (χ1v) is 6.88. The van der Waals surface area contributed by atoms with Crippen molar-refractivity contribution < 1.29 is 13.6 Å². The zero-order chi connectivity index (χ0) is 13.5.